The van der Waals surface area contributed by atoms with E-state index in [1.54, 1.807) is 99.7 Å². The number of rotatable bonds is 45. The minimum atomic E-state index is -1.25. The summed E-state index contributed by atoms with van der Waals surface area (Å²) in [5.41, 5.74) is 0.737. The minimum absolute atomic E-state index is 0.00664. The Morgan fingerprint density at radius 1 is 0.315 bits per heavy atom. The van der Waals surface area contributed by atoms with Gasteiger partial charge in [0.1, 0.15) is 60.3 Å². The summed E-state index contributed by atoms with van der Waals surface area (Å²) in [4.78, 5) is 189. The van der Waals surface area contributed by atoms with Gasteiger partial charge in [0.05, 0.1) is 86.3 Å². The number of Topliss-reactive ketones (excluding diaryl/α,β-unsaturated/α-hetero) is 6. The number of ketones is 6. The van der Waals surface area contributed by atoms with Crippen LogP contribution in [0, 0.1) is 0 Å². The number of amides is 6. The molecule has 6 aliphatic rings. The van der Waals surface area contributed by atoms with Crippen LogP contribution in [0.2, 0.25) is 0 Å². The van der Waals surface area contributed by atoms with Crippen molar-refractivity contribution in [3.8, 4) is 5.75 Å². The van der Waals surface area contributed by atoms with E-state index in [1.807, 2.05) is 0 Å². The number of phenolic OH excluding ortho intramolecular Hbond substituents is 1. The predicted octanol–water partition coefficient (Wildman–Crippen LogP) is 1.40. The summed E-state index contributed by atoms with van der Waals surface area (Å²) >= 11 is 6.44. The second kappa shape index (κ2) is 66.9. The molecule has 0 radical (unpaired) electrons. The molecule has 5 aromatic heterocycles. The van der Waals surface area contributed by atoms with Gasteiger partial charge in [0.15, 0.2) is 28.6 Å². The van der Waals surface area contributed by atoms with E-state index in [9.17, 15) is 102 Å². The Hall–Kier alpha value is -11.6. The molecule has 6 amide bonds. The number of thiophene rings is 5. The fourth-order valence-corrected chi connectivity index (χ4v) is 18.5. The van der Waals surface area contributed by atoms with Crippen molar-refractivity contribution in [1.29, 1.82) is 0 Å². The van der Waals surface area contributed by atoms with Gasteiger partial charge in [-0.3, -0.25) is 57.5 Å². The van der Waals surface area contributed by atoms with Gasteiger partial charge < -0.3 is 145 Å². The van der Waals surface area contributed by atoms with E-state index in [4.69, 9.17) is 68.0 Å². The van der Waals surface area contributed by atoms with E-state index in [-0.39, 0.29) is 196 Å². The van der Waals surface area contributed by atoms with Crippen molar-refractivity contribution >= 4 is 210 Å². The molecule has 6 saturated heterocycles. The summed E-state index contributed by atoms with van der Waals surface area (Å²) in [5, 5.41) is 157. The van der Waals surface area contributed by atoms with Gasteiger partial charge in [-0.1, -0.05) is 68.2 Å². The number of aromatic hydroxyl groups is 1. The van der Waals surface area contributed by atoms with Gasteiger partial charge in [-0.25, -0.2) is 9.59 Å². The lowest BCUT2D eigenvalue weighted by molar-refractivity contribution is -0.143. The third-order valence-corrected chi connectivity index (χ3v) is 26.1. The van der Waals surface area contributed by atoms with Crippen molar-refractivity contribution in [2.75, 3.05) is 52.9 Å². The van der Waals surface area contributed by atoms with Crippen molar-refractivity contribution in [2.45, 2.75) is 236 Å². The van der Waals surface area contributed by atoms with E-state index in [1.165, 1.54) is 110 Å². The summed E-state index contributed by atoms with van der Waals surface area (Å²) in [6, 6.07) is 23.7. The minimum Gasteiger partial charge on any atom is -0.508 e. The van der Waals surface area contributed by atoms with Gasteiger partial charge in [-0.15, -0.1) is 56.7 Å². The molecular formula is C90H121B6N11O37S5. The number of phenols is 1. The Morgan fingerprint density at radius 3 is 0.711 bits per heavy atom. The second-order valence-electron chi connectivity index (χ2n) is 34.3. The number of hydrogen-bond acceptors (Lipinski definition) is 45. The number of carbonyl (C=O) groups excluding carboxylic acids is 12. The average Bonchev–Trinajstić information content (AvgIpc) is 1.83. The van der Waals surface area contributed by atoms with Gasteiger partial charge in [-0.05, 0) is 194 Å². The third kappa shape index (κ3) is 46.4. The first-order chi connectivity index (χ1) is 71.2. The van der Waals surface area contributed by atoms with Crippen LogP contribution < -0.4 is 31.9 Å². The molecule has 0 bridgehead atoms. The quantitative estimate of drug-likeness (QED) is 0.0111. The maximum atomic E-state index is 12.5. The first kappa shape index (κ1) is 124. The van der Waals surface area contributed by atoms with Gasteiger partial charge in [0.25, 0.3) is 29.5 Å². The number of aliphatic hydroxyl groups excluding tert-OH is 3. The summed E-state index contributed by atoms with van der Waals surface area (Å²) < 4.78 is 32.3. The number of aliphatic hydroxyl groups is 3. The molecular weight excluding hydrogens is 2050 g/mol. The number of nitrogens with one attached hydrogen (secondary N) is 6. The monoisotopic (exact) mass is 2170 g/mol. The third-order valence-electron chi connectivity index (χ3n) is 21.7. The zero-order valence-corrected chi connectivity index (χ0v) is 86.4. The zero-order chi connectivity index (χ0) is 109. The predicted molar refractivity (Wildman–Crippen MR) is 548 cm³/mol. The lowest BCUT2D eigenvalue weighted by atomic mass is 9.72. The highest BCUT2D eigenvalue weighted by Crippen LogP contribution is 2.28. The Kier molecular flexibility index (Phi) is 55.8. The molecule has 806 valence electrons. The molecule has 0 aliphatic carbocycles. The van der Waals surface area contributed by atoms with Gasteiger partial charge in [0.2, 0.25) is 19.1 Å². The largest absolute Gasteiger partial charge is 0.508 e. The summed E-state index contributed by atoms with van der Waals surface area (Å²) in [6.45, 7) is 6.74. The SMILES string of the molecule is CC(=O)C[C@@H]1CC[C@H](NC(=O)/C(=N/OCC(=O)O)c2cccs2)B(O)O1.CC(=O)C[C@@H]1CC[C@H](NC(=O)/C(=N/OCCO)c2cccs2)B(O)O1.CC(=O)C[C@@H]1CC[C@H](NC(=O)/C(=N\OCC(=O)O)c2cccs2)B(O)O1.CC(=O)C[C@@H]1CC[C@H](NC(=O)/C(=N\OCCO)c2cccs2)B(O)O1.CC(=O)C[C@@H]1CC[C@H](NC(=O)/C(=N\OCCO)c2cccs2)B(O)O1.CC(=O)C[C@@H]1CC[C@H](NC(=O)Cc2cccc(O)c2)B(O)O1. The highest BCUT2D eigenvalue weighted by atomic mass is 32.1. The Bertz CT molecular complexity index is 5050. The van der Waals surface area contributed by atoms with Crippen LogP contribution in [0.3, 0.4) is 0 Å². The molecule has 18 N–H and O–H groups in total. The lowest BCUT2D eigenvalue weighted by Crippen LogP contribution is -2.54. The molecule has 48 nitrogen and oxygen atoms in total. The number of carbonyl (C=O) groups is 14. The molecule has 6 aliphatic heterocycles. The number of benzene rings is 1. The van der Waals surface area contributed by atoms with Crippen LogP contribution in [-0.2, 0) is 126 Å². The van der Waals surface area contributed by atoms with Crippen LogP contribution in [0.5, 0.6) is 5.75 Å². The molecule has 0 unspecified atom stereocenters. The molecule has 0 saturated carbocycles. The van der Waals surface area contributed by atoms with Crippen molar-refractivity contribution in [3.63, 3.8) is 0 Å². The normalized spacial score (nSPS) is 20.9. The summed E-state index contributed by atoms with van der Waals surface area (Å²) in [7, 11) is -7.17. The van der Waals surface area contributed by atoms with Crippen molar-refractivity contribution in [1.82, 2.24) is 31.9 Å². The van der Waals surface area contributed by atoms with Gasteiger partial charge in [-0.2, -0.15) is 0 Å². The summed E-state index contributed by atoms with van der Waals surface area (Å²) in [6.07, 6.45) is 5.74. The molecule has 12 atom stereocenters. The molecule has 11 heterocycles. The standard InChI is InChI=1S/2C15H19BN2O7S.3C15H21BN2O6S.C15H20BNO5/c2*1-9(19)7-10-4-5-12(16(23)25-10)17-15(22)14(11-3-2-6-26-11)18-24-8-13(20)21;3*1-10(20)9-11-4-5-13(16(22)24-11)17-15(21)14(18-23-7-6-19)12-3-2-8-25-12;1-10(18)7-13-5-6-14(16(21)22-13)17-15(20)9-11-3-2-4-12(19)8-11/h2*2-3,6,10,12,23H,4-5,7-8H2,1H3,(H,17,22)(H,20,21);3*2-3,8,11,13,19,22H,4-7,9H2,1H3,(H,17,21);2-4,8,13-14,19,21H,5-7,9H2,1H3,(H,17,20)/b18-14+;18-14-;18-14+;2*18-14-;/t2*10-,12-;3*11-,13-;13-,14-/m000000/s1. The van der Waals surface area contributed by atoms with E-state index in [0.717, 1.165) is 0 Å². The van der Waals surface area contributed by atoms with Gasteiger partial charge in [0, 0.05) is 75.1 Å². The molecule has 1 aromatic carbocycles. The van der Waals surface area contributed by atoms with Crippen molar-refractivity contribution in [2.24, 2.45) is 25.8 Å². The smallest absolute Gasteiger partial charge is 0.478 e. The number of oxime groups is 5. The van der Waals surface area contributed by atoms with Crippen LogP contribution in [-0.4, -0.2) is 339 Å². The Balaban J connectivity index is 0.000000242. The van der Waals surface area contributed by atoms with Crippen LogP contribution in [0.4, 0.5) is 0 Å². The Morgan fingerprint density at radius 2 is 0.530 bits per heavy atom. The highest BCUT2D eigenvalue weighted by Gasteiger charge is 2.44. The average molecular weight is 2170 g/mol. The summed E-state index contributed by atoms with van der Waals surface area (Å²) in [5.74, 6) is -8.99. The fourth-order valence-electron chi connectivity index (χ4n) is 15.0. The van der Waals surface area contributed by atoms with Gasteiger partial charge >= 0.3 is 54.6 Å². The molecule has 12 rings (SSSR count). The van der Waals surface area contributed by atoms with Crippen LogP contribution in [0.25, 0.3) is 0 Å². The lowest BCUT2D eigenvalue weighted by Gasteiger charge is -2.31. The first-order valence-electron chi connectivity index (χ1n) is 47.2. The molecule has 6 aromatic rings. The fraction of sp³-hybridized carbons (Fsp3) is 0.500. The Labute approximate surface area is 878 Å². The van der Waals surface area contributed by atoms with Crippen LogP contribution in [0.1, 0.15) is 187 Å². The molecule has 0 spiro atoms. The maximum Gasteiger partial charge on any atom is 0.478 e. The first-order valence-corrected chi connectivity index (χ1v) is 51.6. The van der Waals surface area contributed by atoms with Crippen LogP contribution in [0.15, 0.2) is 138 Å². The van der Waals surface area contributed by atoms with E-state index in [0.29, 0.717) is 107 Å². The number of carboxylic acids is 2. The van der Waals surface area contributed by atoms with Crippen LogP contribution >= 0.6 is 56.7 Å². The maximum absolute atomic E-state index is 12.5. The van der Waals surface area contributed by atoms with E-state index in [2.05, 4.69) is 67.4 Å². The molecule has 149 heavy (non-hydrogen) atoms. The topological polar surface area (TPSA) is 717 Å². The number of hydrogen-bond donors (Lipinski definition) is 18. The number of aliphatic carboxylic acids is 2. The zero-order valence-electron chi connectivity index (χ0n) is 82.3. The molecule has 59 heteroatoms. The second-order valence-corrected chi connectivity index (χ2v) is 39.0. The number of carboxylic acid groups (broad SMARTS) is 2. The van der Waals surface area contributed by atoms with Crippen molar-refractivity contribution < 1.29 is 180 Å². The van der Waals surface area contributed by atoms with E-state index >= 15 is 0 Å². The highest BCUT2D eigenvalue weighted by molar-refractivity contribution is 7.14. The van der Waals surface area contributed by atoms with Crippen molar-refractivity contribution in [3.05, 3.63) is 142 Å². The molecule has 6 fully saturated rings. The number of nitrogens with zero attached hydrogens (tertiary/aromatic N) is 5. The van der Waals surface area contributed by atoms with E-state index < -0.39 is 133 Å².